The Bertz CT molecular complexity index is 1640. The Labute approximate surface area is 216 Å². The molecule has 3 heteroatoms. The van der Waals surface area contributed by atoms with Gasteiger partial charge in [-0.2, -0.15) is 0 Å². The Kier molecular flexibility index (Phi) is 4.80. The van der Waals surface area contributed by atoms with Crippen molar-refractivity contribution < 1.29 is 9.90 Å². The van der Waals surface area contributed by atoms with E-state index in [-0.39, 0.29) is 0 Å². The Morgan fingerprint density at radius 1 is 0.595 bits per heavy atom. The maximum atomic E-state index is 12.0. The lowest BCUT2D eigenvalue weighted by Gasteiger charge is -2.27. The average molecular weight is 480 g/mol. The molecule has 1 N–H and O–H groups in total. The summed E-state index contributed by atoms with van der Waals surface area (Å²) in [6.07, 6.45) is 1.81. The van der Waals surface area contributed by atoms with Gasteiger partial charge in [-0.15, -0.1) is 0 Å². The number of hydrogen-bond donors (Lipinski definition) is 1. The topological polar surface area (TPSA) is 40.5 Å². The first kappa shape index (κ1) is 21.6. The van der Waals surface area contributed by atoms with E-state index in [1.165, 1.54) is 44.5 Å². The molecule has 0 saturated carbocycles. The third-order valence-electron chi connectivity index (χ3n) is 7.78. The summed E-state index contributed by atoms with van der Waals surface area (Å²) in [5.74, 6) is -0.909. The second-order valence-electron chi connectivity index (χ2n) is 9.99. The number of rotatable bonds is 4. The molecule has 5 aromatic carbocycles. The third-order valence-corrected chi connectivity index (χ3v) is 7.78. The highest BCUT2D eigenvalue weighted by Crippen LogP contribution is 2.44. The molecular formula is C34H25NO2. The highest BCUT2D eigenvalue weighted by atomic mass is 16.4. The van der Waals surface area contributed by atoms with Gasteiger partial charge in [-0.1, -0.05) is 66.7 Å². The number of hydrogen-bond acceptors (Lipinski definition) is 2. The van der Waals surface area contributed by atoms with Gasteiger partial charge in [0.15, 0.2) is 0 Å². The first-order valence-electron chi connectivity index (χ1n) is 12.6. The monoisotopic (exact) mass is 479 g/mol. The standard InChI is InChI=1S/C34H25NO2/c1-21-10-11-28(20-33(21)34(36)37)35(26-12-14-31-24(18-26)16-22-6-2-4-8-29(22)31)27-13-15-32-25(19-27)17-23-7-3-5-9-30(23)32/h2-15,18-20H,16-17H2,1H3,(H,36,37). The molecule has 0 bridgehead atoms. The molecule has 0 fully saturated rings. The second kappa shape index (κ2) is 8.21. The Hall–Kier alpha value is -4.63. The number of carboxylic acids is 1. The van der Waals surface area contributed by atoms with Crippen LogP contribution in [0.1, 0.15) is 38.2 Å². The lowest BCUT2D eigenvalue weighted by molar-refractivity contribution is 0.0696. The minimum Gasteiger partial charge on any atom is -0.478 e. The zero-order chi connectivity index (χ0) is 25.1. The van der Waals surface area contributed by atoms with Gasteiger partial charge in [0.05, 0.1) is 5.56 Å². The number of carboxylic acid groups (broad SMARTS) is 1. The fourth-order valence-corrected chi connectivity index (χ4v) is 5.97. The summed E-state index contributed by atoms with van der Waals surface area (Å²) in [5.41, 5.74) is 14.4. The Morgan fingerprint density at radius 2 is 1.05 bits per heavy atom. The van der Waals surface area contributed by atoms with Crippen molar-refractivity contribution >= 4 is 23.0 Å². The molecule has 0 saturated heterocycles. The first-order valence-corrected chi connectivity index (χ1v) is 12.6. The quantitative estimate of drug-likeness (QED) is 0.276. The summed E-state index contributed by atoms with van der Waals surface area (Å²) in [6, 6.07) is 36.1. The highest BCUT2D eigenvalue weighted by molar-refractivity contribution is 5.92. The molecule has 0 atom stereocenters. The maximum absolute atomic E-state index is 12.0. The molecule has 3 nitrogen and oxygen atoms in total. The number of anilines is 3. The van der Waals surface area contributed by atoms with Crippen LogP contribution in [0.3, 0.4) is 0 Å². The van der Waals surface area contributed by atoms with Crippen molar-refractivity contribution in [2.75, 3.05) is 4.90 Å². The van der Waals surface area contributed by atoms with Crippen LogP contribution < -0.4 is 4.90 Å². The predicted octanol–water partition coefficient (Wildman–Crippen LogP) is 8.31. The van der Waals surface area contributed by atoms with Crippen LogP contribution in [0.4, 0.5) is 17.1 Å². The molecule has 0 amide bonds. The van der Waals surface area contributed by atoms with Gasteiger partial charge in [-0.3, -0.25) is 0 Å². The van der Waals surface area contributed by atoms with Crippen molar-refractivity contribution in [1.29, 1.82) is 0 Å². The molecule has 0 heterocycles. The summed E-state index contributed by atoms with van der Waals surface area (Å²) in [6.45, 7) is 1.84. The number of aromatic carboxylic acids is 1. The molecule has 0 spiro atoms. The molecule has 0 radical (unpaired) electrons. The van der Waals surface area contributed by atoms with Crippen LogP contribution in [0.5, 0.6) is 0 Å². The van der Waals surface area contributed by atoms with E-state index in [4.69, 9.17) is 0 Å². The molecule has 7 rings (SSSR count). The van der Waals surface area contributed by atoms with E-state index in [2.05, 4.69) is 89.8 Å². The summed E-state index contributed by atoms with van der Waals surface area (Å²) in [4.78, 5) is 14.2. The van der Waals surface area contributed by atoms with E-state index in [1.807, 2.05) is 19.1 Å². The van der Waals surface area contributed by atoms with Crippen LogP contribution in [0, 0.1) is 6.92 Å². The van der Waals surface area contributed by atoms with Crippen molar-refractivity contribution in [3.05, 3.63) is 137 Å². The number of benzene rings is 5. The van der Waals surface area contributed by atoms with Gasteiger partial charge >= 0.3 is 5.97 Å². The highest BCUT2D eigenvalue weighted by Gasteiger charge is 2.24. The van der Waals surface area contributed by atoms with Crippen LogP contribution in [0.2, 0.25) is 0 Å². The molecular weight excluding hydrogens is 454 g/mol. The summed E-state index contributed by atoms with van der Waals surface area (Å²) in [5, 5.41) is 9.85. The minimum absolute atomic E-state index is 0.324. The van der Waals surface area contributed by atoms with E-state index >= 15 is 0 Å². The van der Waals surface area contributed by atoms with Gasteiger partial charge in [-0.25, -0.2) is 4.79 Å². The fraction of sp³-hybridized carbons (Fsp3) is 0.0882. The van der Waals surface area contributed by atoms with Gasteiger partial charge < -0.3 is 10.0 Å². The van der Waals surface area contributed by atoms with Crippen LogP contribution in [0.25, 0.3) is 22.3 Å². The van der Waals surface area contributed by atoms with E-state index in [0.717, 1.165) is 35.5 Å². The number of aryl methyl sites for hydroxylation is 1. The molecule has 0 unspecified atom stereocenters. The summed E-state index contributed by atoms with van der Waals surface area (Å²) < 4.78 is 0. The minimum atomic E-state index is -0.909. The smallest absolute Gasteiger partial charge is 0.336 e. The van der Waals surface area contributed by atoms with E-state index in [0.29, 0.717) is 5.56 Å². The van der Waals surface area contributed by atoms with Gasteiger partial charge in [0, 0.05) is 17.1 Å². The zero-order valence-corrected chi connectivity index (χ0v) is 20.5. The van der Waals surface area contributed by atoms with Gasteiger partial charge in [0.25, 0.3) is 0 Å². The maximum Gasteiger partial charge on any atom is 0.336 e. The predicted molar refractivity (Wildman–Crippen MR) is 149 cm³/mol. The fourth-order valence-electron chi connectivity index (χ4n) is 5.97. The van der Waals surface area contributed by atoms with E-state index in [9.17, 15) is 9.90 Å². The number of carbonyl (C=O) groups is 1. The molecule has 37 heavy (non-hydrogen) atoms. The van der Waals surface area contributed by atoms with Crippen LogP contribution >= 0.6 is 0 Å². The molecule has 2 aliphatic carbocycles. The normalized spacial score (nSPS) is 12.5. The summed E-state index contributed by atoms with van der Waals surface area (Å²) in [7, 11) is 0. The molecule has 2 aliphatic rings. The van der Waals surface area contributed by atoms with Crippen molar-refractivity contribution in [1.82, 2.24) is 0 Å². The molecule has 0 aromatic heterocycles. The summed E-state index contributed by atoms with van der Waals surface area (Å²) >= 11 is 0. The zero-order valence-electron chi connectivity index (χ0n) is 20.5. The van der Waals surface area contributed by atoms with Crippen LogP contribution in [0.15, 0.2) is 103 Å². The Balaban J connectivity index is 1.38. The van der Waals surface area contributed by atoms with Crippen molar-refractivity contribution in [2.24, 2.45) is 0 Å². The van der Waals surface area contributed by atoms with Gasteiger partial charge in [0.1, 0.15) is 0 Å². The number of nitrogens with zero attached hydrogens (tertiary/aromatic N) is 1. The van der Waals surface area contributed by atoms with Crippen molar-refractivity contribution in [3.8, 4) is 22.3 Å². The first-order chi connectivity index (χ1) is 18.1. The Morgan fingerprint density at radius 3 is 1.59 bits per heavy atom. The SMILES string of the molecule is Cc1ccc(N(c2ccc3c(c2)Cc2ccccc2-3)c2ccc3c(c2)Cc2ccccc2-3)cc1C(=O)O. The van der Waals surface area contributed by atoms with Crippen LogP contribution in [-0.4, -0.2) is 11.1 Å². The average Bonchev–Trinajstić information content (AvgIpc) is 3.47. The lowest BCUT2D eigenvalue weighted by Crippen LogP contribution is -2.12. The van der Waals surface area contributed by atoms with Crippen molar-refractivity contribution in [2.45, 2.75) is 19.8 Å². The van der Waals surface area contributed by atoms with Crippen LogP contribution in [-0.2, 0) is 12.8 Å². The second-order valence-corrected chi connectivity index (χ2v) is 9.99. The molecule has 5 aromatic rings. The number of fused-ring (bicyclic) bond motifs is 6. The lowest BCUT2D eigenvalue weighted by atomic mass is 10.0. The largest absolute Gasteiger partial charge is 0.478 e. The van der Waals surface area contributed by atoms with E-state index in [1.54, 1.807) is 6.07 Å². The van der Waals surface area contributed by atoms with Gasteiger partial charge in [0.2, 0.25) is 0 Å². The third kappa shape index (κ3) is 3.47. The van der Waals surface area contributed by atoms with E-state index < -0.39 is 5.97 Å². The molecule has 0 aliphatic heterocycles. The van der Waals surface area contributed by atoms with Gasteiger partial charge in [-0.05, 0) is 106 Å². The van der Waals surface area contributed by atoms with Crippen molar-refractivity contribution in [3.63, 3.8) is 0 Å². The molecule has 178 valence electrons.